The molecule has 2 heterocycles. The molecule has 0 saturated carbocycles. The fourth-order valence-electron chi connectivity index (χ4n) is 5.19. The Morgan fingerprint density at radius 2 is 1.51 bits per heavy atom. The maximum absolute atomic E-state index is 13.6. The van der Waals surface area contributed by atoms with Gasteiger partial charge in [0.05, 0.1) is 6.57 Å². The van der Waals surface area contributed by atoms with E-state index in [-0.39, 0.29) is 5.56 Å². The molecule has 0 bridgehead atoms. The van der Waals surface area contributed by atoms with Gasteiger partial charge in [-0.3, -0.25) is 14.3 Å². The zero-order chi connectivity index (χ0) is 24.7. The number of pyridine rings is 1. The van der Waals surface area contributed by atoms with Gasteiger partial charge >= 0.3 is 0 Å². The first-order chi connectivity index (χ1) is 16.9. The molecule has 2 unspecified atom stereocenters. The van der Waals surface area contributed by atoms with Gasteiger partial charge in [-0.15, -0.1) is 0 Å². The molecule has 176 valence electrons. The molecule has 0 spiro atoms. The van der Waals surface area contributed by atoms with Crippen molar-refractivity contribution in [1.29, 1.82) is 0 Å². The summed E-state index contributed by atoms with van der Waals surface area (Å²) in [7, 11) is 2.19. The number of hydrogen-bond acceptors (Lipinski definition) is 3. The minimum absolute atomic E-state index is 0.0279. The van der Waals surface area contributed by atoms with Crippen molar-refractivity contribution in [1.82, 2.24) is 9.47 Å². The van der Waals surface area contributed by atoms with Gasteiger partial charge in [0.25, 0.3) is 5.56 Å². The van der Waals surface area contributed by atoms with Crippen LogP contribution in [0.25, 0.3) is 32.4 Å². The second-order valence-electron chi connectivity index (χ2n) is 9.66. The number of aromatic nitrogens is 1. The highest BCUT2D eigenvalue weighted by atomic mass is 16.1. The molecule has 0 aliphatic carbocycles. The van der Waals surface area contributed by atoms with Crippen LogP contribution in [-0.2, 0) is 0 Å². The number of rotatable bonds is 3. The van der Waals surface area contributed by atoms with E-state index in [0.29, 0.717) is 23.2 Å². The van der Waals surface area contributed by atoms with Crippen molar-refractivity contribution < 1.29 is 0 Å². The average molecular weight is 463 g/mol. The molecule has 5 rings (SSSR count). The minimum Gasteiger partial charge on any atom is -0.368 e. The van der Waals surface area contributed by atoms with Gasteiger partial charge in [-0.05, 0) is 80.2 Å². The molecule has 5 nitrogen and oxygen atoms in total. The third-order valence-corrected chi connectivity index (χ3v) is 7.39. The van der Waals surface area contributed by atoms with Crippen LogP contribution in [-0.4, -0.2) is 41.7 Å². The van der Waals surface area contributed by atoms with Gasteiger partial charge in [0.1, 0.15) is 0 Å². The quantitative estimate of drug-likeness (QED) is 0.348. The zero-order valence-corrected chi connectivity index (χ0v) is 20.7. The van der Waals surface area contributed by atoms with Crippen LogP contribution in [0.5, 0.6) is 0 Å². The lowest BCUT2D eigenvalue weighted by Crippen LogP contribution is -2.55. The monoisotopic (exact) mass is 462 g/mol. The lowest BCUT2D eigenvalue weighted by Gasteiger charge is -2.43. The van der Waals surface area contributed by atoms with E-state index in [1.54, 1.807) is 4.57 Å². The molecule has 1 saturated heterocycles. The second kappa shape index (κ2) is 9.05. The maximum atomic E-state index is 13.6. The van der Waals surface area contributed by atoms with Crippen LogP contribution in [0.1, 0.15) is 19.4 Å². The van der Waals surface area contributed by atoms with E-state index in [1.807, 2.05) is 60.8 Å². The van der Waals surface area contributed by atoms with E-state index in [1.165, 1.54) is 5.69 Å². The molecule has 35 heavy (non-hydrogen) atoms. The molecule has 0 N–H and O–H groups in total. The topological polar surface area (TPSA) is 32.8 Å². The Kier molecular flexibility index (Phi) is 5.92. The van der Waals surface area contributed by atoms with Gasteiger partial charge in [-0.25, -0.2) is 4.85 Å². The summed E-state index contributed by atoms with van der Waals surface area (Å²) in [6.07, 6.45) is 1.94. The number of benzene rings is 3. The molecule has 4 aromatic rings. The Hall–Kier alpha value is -3.88. The average Bonchev–Trinajstić information content (AvgIpc) is 2.89. The number of nitrogens with zero attached hydrogens (tertiary/aromatic N) is 4. The highest BCUT2D eigenvalue weighted by molar-refractivity contribution is 5.98. The number of aryl methyl sites for hydroxylation is 1. The summed E-state index contributed by atoms with van der Waals surface area (Å²) < 4.78 is 1.75. The number of hydrogen-bond donors (Lipinski definition) is 0. The maximum Gasteiger partial charge on any atom is 0.262 e. The highest BCUT2D eigenvalue weighted by Crippen LogP contribution is 2.31. The number of fused-ring (bicyclic) bond motifs is 1. The molecule has 5 heteroatoms. The predicted molar refractivity (Wildman–Crippen MR) is 145 cm³/mol. The first-order valence-corrected chi connectivity index (χ1v) is 12.1. The van der Waals surface area contributed by atoms with Crippen molar-refractivity contribution in [2.45, 2.75) is 32.9 Å². The van der Waals surface area contributed by atoms with Crippen LogP contribution in [0.4, 0.5) is 11.4 Å². The molecule has 1 aliphatic heterocycles. The van der Waals surface area contributed by atoms with E-state index in [4.69, 9.17) is 6.57 Å². The van der Waals surface area contributed by atoms with Crippen molar-refractivity contribution >= 4 is 22.1 Å². The smallest absolute Gasteiger partial charge is 0.262 e. The number of anilines is 1. The molecule has 0 radical (unpaired) electrons. The fourth-order valence-corrected chi connectivity index (χ4v) is 5.19. The Morgan fingerprint density at radius 3 is 2.14 bits per heavy atom. The molecule has 1 aliphatic rings. The summed E-state index contributed by atoms with van der Waals surface area (Å²) in [5.74, 6) is 0. The van der Waals surface area contributed by atoms with E-state index >= 15 is 0 Å². The summed E-state index contributed by atoms with van der Waals surface area (Å²) in [5, 5.41) is 1.66. The van der Waals surface area contributed by atoms with Crippen LogP contribution in [0, 0.1) is 13.5 Å². The van der Waals surface area contributed by atoms with Crippen molar-refractivity contribution in [3.05, 3.63) is 100 Å². The number of likely N-dealkylation sites (N-methyl/N-ethyl adjacent to an activating group) is 1. The Morgan fingerprint density at radius 1 is 0.886 bits per heavy atom. The fraction of sp³-hybridized carbons (Fsp3) is 0.267. The van der Waals surface area contributed by atoms with E-state index in [2.05, 4.69) is 54.6 Å². The molecule has 1 fully saturated rings. The zero-order valence-electron chi connectivity index (χ0n) is 20.7. The van der Waals surface area contributed by atoms with Gasteiger partial charge in [0.15, 0.2) is 5.69 Å². The van der Waals surface area contributed by atoms with Gasteiger partial charge in [0.2, 0.25) is 0 Å². The molecule has 2 atom stereocenters. The summed E-state index contributed by atoms with van der Waals surface area (Å²) >= 11 is 0. The second-order valence-corrected chi connectivity index (χ2v) is 9.66. The molecule has 0 amide bonds. The molecule has 3 aromatic carbocycles. The third kappa shape index (κ3) is 4.11. The van der Waals surface area contributed by atoms with E-state index in [0.717, 1.165) is 40.9 Å². The predicted octanol–water partition coefficient (Wildman–Crippen LogP) is 6.05. The first-order valence-electron chi connectivity index (χ1n) is 12.1. The Bertz CT molecular complexity index is 1470. The van der Waals surface area contributed by atoms with Crippen molar-refractivity contribution in [2.75, 3.05) is 25.0 Å². The van der Waals surface area contributed by atoms with Crippen molar-refractivity contribution in [3.8, 4) is 16.8 Å². The minimum atomic E-state index is -0.0279. The van der Waals surface area contributed by atoms with Crippen LogP contribution < -0.4 is 10.5 Å². The Balaban J connectivity index is 1.53. The highest BCUT2D eigenvalue weighted by Gasteiger charge is 2.26. The van der Waals surface area contributed by atoms with E-state index < -0.39 is 0 Å². The van der Waals surface area contributed by atoms with Crippen LogP contribution >= 0.6 is 0 Å². The normalized spacial score (nSPS) is 18.5. The van der Waals surface area contributed by atoms with Crippen LogP contribution in [0.3, 0.4) is 0 Å². The third-order valence-electron chi connectivity index (χ3n) is 7.39. The molecular weight excluding hydrogens is 432 g/mol. The summed E-state index contributed by atoms with van der Waals surface area (Å²) in [6, 6.07) is 22.8. The van der Waals surface area contributed by atoms with Gasteiger partial charge in [-0.1, -0.05) is 36.4 Å². The largest absolute Gasteiger partial charge is 0.368 e. The summed E-state index contributed by atoms with van der Waals surface area (Å²) in [5.41, 5.74) is 5.69. The lowest BCUT2D eigenvalue weighted by molar-refractivity contribution is 0.170. The summed E-state index contributed by atoms with van der Waals surface area (Å²) in [6.45, 7) is 15.8. The molecular formula is C30H30N4O. The van der Waals surface area contributed by atoms with Crippen LogP contribution in [0.2, 0.25) is 0 Å². The van der Waals surface area contributed by atoms with Crippen molar-refractivity contribution in [2.24, 2.45) is 0 Å². The molecule has 1 aromatic heterocycles. The summed E-state index contributed by atoms with van der Waals surface area (Å²) in [4.78, 5) is 21.9. The van der Waals surface area contributed by atoms with Crippen LogP contribution in [0.15, 0.2) is 77.7 Å². The van der Waals surface area contributed by atoms with Crippen molar-refractivity contribution in [3.63, 3.8) is 0 Å². The van der Waals surface area contributed by atoms with E-state index in [9.17, 15) is 4.79 Å². The first kappa shape index (κ1) is 22.9. The van der Waals surface area contributed by atoms with Gasteiger partial charge < -0.3 is 4.90 Å². The SMILES string of the molecule is [C-]#[N+]c1ccc(-c2cccc3c(=O)n(-c4ccc(N5CC(C)N(C)C(C)C5)cc4)cc(C)c23)cc1. The lowest BCUT2D eigenvalue weighted by atomic mass is 9.96. The van der Waals surface area contributed by atoms with Gasteiger partial charge in [0, 0.05) is 48.1 Å². The standard InChI is InChI=1S/C30H30N4O/c1-20-17-34(26-15-13-25(14-16-26)33-18-21(2)32(5)22(3)19-33)30(35)28-8-6-7-27(29(20)28)23-9-11-24(31-4)12-10-23/h6-17,21-22H,18-19H2,1-3,5H3. The Labute approximate surface area is 206 Å². The number of piperazine rings is 1. The van der Waals surface area contributed by atoms with Gasteiger partial charge in [-0.2, -0.15) is 0 Å².